The van der Waals surface area contributed by atoms with Gasteiger partial charge in [-0.25, -0.2) is 0 Å². The minimum absolute atomic E-state index is 0.0622. The van der Waals surface area contributed by atoms with Crippen molar-refractivity contribution in [3.05, 3.63) is 282 Å². The molecule has 1 nitrogen and oxygen atoms in total. The number of hydrogen-bond donors (Lipinski definition) is 0. The van der Waals surface area contributed by atoms with E-state index in [-0.39, 0.29) is 10.8 Å². The molecule has 0 fully saturated rings. The third-order valence-electron chi connectivity index (χ3n) is 16.0. The molecule has 0 unspecified atom stereocenters. The van der Waals surface area contributed by atoms with Crippen molar-refractivity contribution in [1.29, 1.82) is 0 Å². The molecule has 0 saturated carbocycles. The normalized spacial score (nSPS) is 13.1. The summed E-state index contributed by atoms with van der Waals surface area (Å²) < 4.78 is 0. The SMILES string of the molecule is CC(C)(C)c1ccc2c(c1)C1(c3cc(-c4cccc(-c5ccc6ccccc6c5)c4)ccc3-c3ccc(N(c4ccc(-c5ccccc5)cc4)c4ccc(-c5ccccc5)cc4)cc31)c1cc(C(C)(C)C)ccc1-2. The lowest BCUT2D eigenvalue weighted by Gasteiger charge is -2.34. The Balaban J connectivity index is 1.05. The topological polar surface area (TPSA) is 3.24 Å². The van der Waals surface area contributed by atoms with Crippen LogP contribution in [0.2, 0.25) is 0 Å². The van der Waals surface area contributed by atoms with Gasteiger partial charge in [0.15, 0.2) is 0 Å². The maximum Gasteiger partial charge on any atom is 0.0726 e. The molecular weight excluding hydrogens is 891 g/mol. The Labute approximate surface area is 437 Å². The Hall–Kier alpha value is -8.52. The van der Waals surface area contributed by atoms with Gasteiger partial charge in [-0.15, -0.1) is 0 Å². The monoisotopic (exact) mass is 949 g/mol. The van der Waals surface area contributed by atoms with E-state index in [9.17, 15) is 0 Å². The van der Waals surface area contributed by atoms with Gasteiger partial charge in [-0.2, -0.15) is 0 Å². The van der Waals surface area contributed by atoms with Gasteiger partial charge < -0.3 is 4.90 Å². The zero-order chi connectivity index (χ0) is 50.3. The van der Waals surface area contributed by atoms with Gasteiger partial charge in [0.25, 0.3) is 0 Å². The molecule has 0 radical (unpaired) electrons. The highest BCUT2D eigenvalue weighted by molar-refractivity contribution is 5.98. The number of anilines is 3. The fourth-order valence-electron chi connectivity index (χ4n) is 12.0. The van der Waals surface area contributed by atoms with Gasteiger partial charge in [0.05, 0.1) is 5.41 Å². The van der Waals surface area contributed by atoms with Crippen molar-refractivity contribution in [1.82, 2.24) is 0 Å². The highest BCUT2D eigenvalue weighted by Crippen LogP contribution is 2.64. The van der Waals surface area contributed by atoms with Crippen molar-refractivity contribution in [2.75, 3.05) is 4.90 Å². The molecule has 0 atom stereocenters. The number of benzene rings is 11. The molecule has 1 heteroatoms. The molecule has 11 aromatic carbocycles. The average Bonchev–Trinajstić information content (AvgIpc) is 3.93. The molecule has 0 aromatic heterocycles. The standard InChI is InChI=1S/C73H59N/c1-71(2,3)58-31-39-64-65-40-32-59(72(4,5)6)46-69(65)73(68(64)45-58)67-44-57(55-23-15-22-54(43-55)56-25-24-50-20-13-14-21-53(50)42-56)30-38-63(67)66-41-37-62(47-70(66)73)74(60-33-26-51(27-34-60)48-16-9-7-10-17-48)61-35-28-52(29-36-61)49-18-11-8-12-19-49/h7-47H,1-6H3. The number of hydrogen-bond acceptors (Lipinski definition) is 1. The molecule has 74 heavy (non-hydrogen) atoms. The summed E-state index contributed by atoms with van der Waals surface area (Å²) in [6.07, 6.45) is 0. The Kier molecular flexibility index (Phi) is 10.6. The summed E-state index contributed by atoms with van der Waals surface area (Å²) in [7, 11) is 0. The number of rotatable bonds is 7. The third kappa shape index (κ3) is 7.52. The zero-order valence-electron chi connectivity index (χ0n) is 43.1. The molecule has 1 spiro atoms. The Morgan fingerprint density at radius 1 is 0.257 bits per heavy atom. The van der Waals surface area contributed by atoms with E-state index in [0.717, 1.165) is 17.1 Å². The van der Waals surface area contributed by atoms with E-state index in [1.54, 1.807) is 0 Å². The van der Waals surface area contributed by atoms with E-state index in [2.05, 4.69) is 295 Å². The average molecular weight is 950 g/mol. The van der Waals surface area contributed by atoms with Crippen LogP contribution in [0.1, 0.15) is 74.9 Å². The van der Waals surface area contributed by atoms with Crippen molar-refractivity contribution >= 4 is 27.8 Å². The summed E-state index contributed by atoms with van der Waals surface area (Å²) >= 11 is 0. The second-order valence-corrected chi connectivity index (χ2v) is 22.6. The van der Waals surface area contributed by atoms with E-state index in [1.807, 2.05) is 0 Å². The molecule has 11 aromatic rings. The predicted octanol–water partition coefficient (Wildman–Crippen LogP) is 19.9. The maximum atomic E-state index is 2.56. The molecule has 2 aliphatic carbocycles. The summed E-state index contributed by atoms with van der Waals surface area (Å²) in [5.74, 6) is 0. The number of fused-ring (bicyclic) bond motifs is 11. The first kappa shape index (κ1) is 45.4. The van der Waals surface area contributed by atoms with Crippen LogP contribution in [-0.4, -0.2) is 0 Å². The first-order valence-corrected chi connectivity index (χ1v) is 26.2. The molecule has 13 rings (SSSR count). The van der Waals surface area contributed by atoms with Crippen LogP contribution in [0.15, 0.2) is 249 Å². The second kappa shape index (κ2) is 17.3. The second-order valence-electron chi connectivity index (χ2n) is 22.6. The lowest BCUT2D eigenvalue weighted by atomic mass is 9.68. The summed E-state index contributed by atoms with van der Waals surface area (Å²) in [6, 6.07) is 93.6. The van der Waals surface area contributed by atoms with E-state index in [4.69, 9.17) is 0 Å². The fourth-order valence-corrected chi connectivity index (χ4v) is 12.0. The molecule has 0 bridgehead atoms. The van der Waals surface area contributed by atoms with Crippen molar-refractivity contribution in [3.63, 3.8) is 0 Å². The van der Waals surface area contributed by atoms with E-state index >= 15 is 0 Å². The molecule has 0 amide bonds. The first-order chi connectivity index (χ1) is 35.9. The molecule has 0 aliphatic heterocycles. The summed E-state index contributed by atoms with van der Waals surface area (Å²) in [6.45, 7) is 14.1. The maximum absolute atomic E-state index is 2.56. The molecule has 0 saturated heterocycles. The molecule has 2 aliphatic rings. The van der Waals surface area contributed by atoms with Crippen molar-refractivity contribution in [2.24, 2.45) is 0 Å². The molecule has 0 N–H and O–H groups in total. The van der Waals surface area contributed by atoms with Gasteiger partial charge in [-0.05, 0) is 176 Å². The van der Waals surface area contributed by atoms with Crippen LogP contribution in [0.25, 0.3) is 77.5 Å². The van der Waals surface area contributed by atoms with Crippen LogP contribution < -0.4 is 4.90 Å². The van der Waals surface area contributed by atoms with Crippen LogP contribution in [0.5, 0.6) is 0 Å². The molecular formula is C73H59N. The van der Waals surface area contributed by atoms with Crippen LogP contribution in [-0.2, 0) is 16.2 Å². The highest BCUT2D eigenvalue weighted by Gasteiger charge is 2.53. The molecule has 0 heterocycles. The summed E-state index contributed by atoms with van der Waals surface area (Å²) in [5.41, 5.74) is 25.5. The van der Waals surface area contributed by atoms with Gasteiger partial charge in [0.2, 0.25) is 0 Å². The van der Waals surface area contributed by atoms with Crippen LogP contribution >= 0.6 is 0 Å². The van der Waals surface area contributed by atoms with E-state index in [1.165, 1.54) is 111 Å². The minimum Gasteiger partial charge on any atom is -0.310 e. The van der Waals surface area contributed by atoms with Gasteiger partial charge in [-0.1, -0.05) is 236 Å². The quantitative estimate of drug-likeness (QED) is 0.154. The van der Waals surface area contributed by atoms with Gasteiger partial charge in [0, 0.05) is 17.1 Å². The van der Waals surface area contributed by atoms with Crippen molar-refractivity contribution in [3.8, 4) is 66.8 Å². The minimum atomic E-state index is -0.611. The van der Waals surface area contributed by atoms with Gasteiger partial charge in [-0.3, -0.25) is 0 Å². The van der Waals surface area contributed by atoms with E-state index in [0.29, 0.717) is 0 Å². The zero-order valence-corrected chi connectivity index (χ0v) is 43.1. The lowest BCUT2D eigenvalue weighted by Crippen LogP contribution is -2.27. The van der Waals surface area contributed by atoms with Gasteiger partial charge >= 0.3 is 0 Å². The first-order valence-electron chi connectivity index (χ1n) is 26.2. The highest BCUT2D eigenvalue weighted by atomic mass is 15.1. The fraction of sp³-hybridized carbons (Fsp3) is 0.123. The Morgan fingerprint density at radius 3 is 1.15 bits per heavy atom. The van der Waals surface area contributed by atoms with Crippen LogP contribution in [0.4, 0.5) is 17.1 Å². The third-order valence-corrected chi connectivity index (χ3v) is 16.0. The smallest absolute Gasteiger partial charge is 0.0726 e. The van der Waals surface area contributed by atoms with Crippen LogP contribution in [0.3, 0.4) is 0 Å². The van der Waals surface area contributed by atoms with Crippen LogP contribution in [0, 0.1) is 0 Å². The Morgan fingerprint density at radius 2 is 0.622 bits per heavy atom. The largest absolute Gasteiger partial charge is 0.310 e. The molecule has 356 valence electrons. The number of nitrogens with zero attached hydrogens (tertiary/aromatic N) is 1. The summed E-state index contributed by atoms with van der Waals surface area (Å²) in [4.78, 5) is 2.46. The Bertz CT molecular complexity index is 3790. The summed E-state index contributed by atoms with van der Waals surface area (Å²) in [5, 5.41) is 2.51. The van der Waals surface area contributed by atoms with Crippen molar-refractivity contribution in [2.45, 2.75) is 57.8 Å². The van der Waals surface area contributed by atoms with Gasteiger partial charge in [0.1, 0.15) is 0 Å². The van der Waals surface area contributed by atoms with E-state index < -0.39 is 5.41 Å². The predicted molar refractivity (Wildman–Crippen MR) is 314 cm³/mol. The van der Waals surface area contributed by atoms with Crippen molar-refractivity contribution < 1.29 is 0 Å². The lowest BCUT2D eigenvalue weighted by molar-refractivity contribution is 0.586.